The van der Waals surface area contributed by atoms with Gasteiger partial charge in [-0.05, 0) is 58.0 Å². The molecule has 8 heteroatoms. The zero-order chi connectivity index (χ0) is 21.9. The summed E-state index contributed by atoms with van der Waals surface area (Å²) >= 11 is 6.54. The molecule has 0 saturated carbocycles. The molecule has 0 saturated heterocycles. The number of aromatic nitrogens is 5. The second-order valence-corrected chi connectivity index (χ2v) is 7.78. The van der Waals surface area contributed by atoms with Crippen LogP contribution >= 0.6 is 11.6 Å². The van der Waals surface area contributed by atoms with Crippen molar-refractivity contribution in [3.63, 3.8) is 0 Å². The summed E-state index contributed by atoms with van der Waals surface area (Å²) in [7, 11) is 0. The van der Waals surface area contributed by atoms with E-state index in [0.29, 0.717) is 17.1 Å². The molecule has 5 rings (SSSR count). The summed E-state index contributed by atoms with van der Waals surface area (Å²) in [5.41, 5.74) is 4.43. The Morgan fingerprint density at radius 2 is 1.78 bits per heavy atom. The molecule has 1 amide bonds. The Kier molecular flexibility index (Phi) is 5.39. The second kappa shape index (κ2) is 8.64. The van der Waals surface area contributed by atoms with E-state index in [4.69, 9.17) is 11.6 Å². The number of para-hydroxylation sites is 1. The second-order valence-electron chi connectivity index (χ2n) is 7.37. The molecule has 158 valence electrons. The van der Waals surface area contributed by atoms with Crippen LogP contribution in [0.3, 0.4) is 0 Å². The molecule has 0 aliphatic rings. The number of nitrogens with one attached hydrogen (secondary N) is 2. The number of halogens is 1. The first-order valence-electron chi connectivity index (χ1n) is 10.1. The molecule has 1 unspecified atom stereocenters. The Balaban J connectivity index is 1.41. The van der Waals surface area contributed by atoms with Gasteiger partial charge in [0.25, 0.3) is 5.91 Å². The molecule has 0 aliphatic carbocycles. The minimum absolute atomic E-state index is 0.107. The van der Waals surface area contributed by atoms with E-state index < -0.39 is 0 Å². The average Bonchev–Trinajstić information content (AvgIpc) is 3.51. The summed E-state index contributed by atoms with van der Waals surface area (Å²) in [5.74, 6) is -0.269. The first kappa shape index (κ1) is 20.0. The molecule has 0 fully saturated rings. The zero-order valence-corrected chi connectivity index (χ0v) is 17.7. The molecule has 2 aromatic heterocycles. The van der Waals surface area contributed by atoms with Crippen molar-refractivity contribution in [1.82, 2.24) is 30.5 Å². The van der Waals surface area contributed by atoms with Gasteiger partial charge in [0.1, 0.15) is 6.33 Å². The van der Waals surface area contributed by atoms with Gasteiger partial charge in [-0.1, -0.05) is 48.0 Å². The standard InChI is InChI=1S/C24H19ClN6O/c25-22-7-3-1-5-18(22)20(21-13-26-23-8-4-2-6-19(21)23)14-27-24(32)16-9-11-17(12-10-16)31-15-28-29-30-31/h1-13,15,20,26H,14H2,(H,27,32). The van der Waals surface area contributed by atoms with Gasteiger partial charge in [0.05, 0.1) is 5.69 Å². The fourth-order valence-corrected chi connectivity index (χ4v) is 4.14. The highest BCUT2D eigenvalue weighted by molar-refractivity contribution is 6.31. The summed E-state index contributed by atoms with van der Waals surface area (Å²) in [5, 5.41) is 16.0. The van der Waals surface area contributed by atoms with Crippen molar-refractivity contribution in [2.45, 2.75) is 5.92 Å². The van der Waals surface area contributed by atoms with Crippen LogP contribution in [0.5, 0.6) is 0 Å². The maximum absolute atomic E-state index is 12.9. The largest absolute Gasteiger partial charge is 0.361 e. The van der Waals surface area contributed by atoms with E-state index >= 15 is 0 Å². The number of H-pyrrole nitrogens is 1. The van der Waals surface area contributed by atoms with E-state index in [1.54, 1.807) is 24.3 Å². The quantitative estimate of drug-likeness (QED) is 0.409. The highest BCUT2D eigenvalue weighted by Gasteiger charge is 2.21. The number of nitrogens with zero attached hydrogens (tertiary/aromatic N) is 4. The molecule has 2 N–H and O–H groups in total. The summed E-state index contributed by atoms with van der Waals surface area (Å²) in [6.45, 7) is 0.402. The molecule has 0 radical (unpaired) electrons. The van der Waals surface area contributed by atoms with E-state index in [0.717, 1.165) is 27.7 Å². The van der Waals surface area contributed by atoms with Gasteiger partial charge in [0, 0.05) is 40.1 Å². The zero-order valence-electron chi connectivity index (χ0n) is 16.9. The number of carbonyl (C=O) groups is 1. The number of rotatable bonds is 6. The normalized spacial score (nSPS) is 12.0. The summed E-state index contributed by atoms with van der Waals surface area (Å²) in [4.78, 5) is 16.2. The summed E-state index contributed by atoms with van der Waals surface area (Å²) < 4.78 is 1.53. The van der Waals surface area contributed by atoms with Crippen molar-refractivity contribution in [1.29, 1.82) is 0 Å². The maximum atomic E-state index is 12.9. The van der Waals surface area contributed by atoms with Crippen LogP contribution in [0, 0.1) is 0 Å². The lowest BCUT2D eigenvalue weighted by atomic mass is 9.90. The van der Waals surface area contributed by atoms with Crippen LogP contribution in [0.2, 0.25) is 5.02 Å². The molecule has 32 heavy (non-hydrogen) atoms. The number of carbonyl (C=O) groups excluding carboxylic acids is 1. The predicted molar refractivity (Wildman–Crippen MR) is 123 cm³/mol. The van der Waals surface area contributed by atoms with Gasteiger partial charge in [0.2, 0.25) is 0 Å². The van der Waals surface area contributed by atoms with Crippen molar-refractivity contribution < 1.29 is 4.79 Å². The fraction of sp³-hybridized carbons (Fsp3) is 0.0833. The van der Waals surface area contributed by atoms with Crippen LogP contribution < -0.4 is 5.32 Å². The summed E-state index contributed by atoms with van der Waals surface area (Å²) in [6.07, 6.45) is 3.50. The lowest BCUT2D eigenvalue weighted by Gasteiger charge is -2.19. The van der Waals surface area contributed by atoms with Gasteiger partial charge in [-0.15, -0.1) is 5.10 Å². The van der Waals surface area contributed by atoms with Gasteiger partial charge >= 0.3 is 0 Å². The Morgan fingerprint density at radius 1 is 1.00 bits per heavy atom. The van der Waals surface area contributed by atoms with Crippen LogP contribution in [0.1, 0.15) is 27.4 Å². The van der Waals surface area contributed by atoms with E-state index in [1.807, 2.05) is 48.7 Å². The summed E-state index contributed by atoms with van der Waals surface area (Å²) in [6, 6.07) is 23.0. The first-order valence-corrected chi connectivity index (χ1v) is 10.5. The van der Waals surface area contributed by atoms with E-state index in [1.165, 1.54) is 11.0 Å². The highest BCUT2D eigenvalue weighted by Crippen LogP contribution is 2.34. The SMILES string of the molecule is O=C(NCC(c1ccccc1Cl)c1c[nH]c2ccccc12)c1ccc(-n2cnnn2)cc1. The molecular weight excluding hydrogens is 424 g/mol. The molecular formula is C24H19ClN6O. The molecule has 0 bridgehead atoms. The number of hydrogen-bond donors (Lipinski definition) is 2. The molecule has 7 nitrogen and oxygen atoms in total. The van der Waals surface area contributed by atoms with Crippen LogP contribution in [0.4, 0.5) is 0 Å². The average molecular weight is 443 g/mol. The topological polar surface area (TPSA) is 88.5 Å². The lowest BCUT2D eigenvalue weighted by molar-refractivity contribution is 0.0952. The van der Waals surface area contributed by atoms with Gasteiger partial charge in [0.15, 0.2) is 0 Å². The molecule has 2 heterocycles. The number of tetrazole rings is 1. The molecule has 5 aromatic rings. The molecule has 0 spiro atoms. The third-order valence-electron chi connectivity index (χ3n) is 5.49. The number of fused-ring (bicyclic) bond motifs is 1. The third-order valence-corrected chi connectivity index (χ3v) is 5.83. The third kappa shape index (κ3) is 3.86. The Morgan fingerprint density at radius 3 is 2.56 bits per heavy atom. The van der Waals surface area contributed by atoms with E-state index in [9.17, 15) is 4.79 Å². The fourth-order valence-electron chi connectivity index (χ4n) is 3.87. The smallest absolute Gasteiger partial charge is 0.251 e. The van der Waals surface area contributed by atoms with E-state index in [2.05, 4.69) is 31.9 Å². The number of hydrogen-bond acceptors (Lipinski definition) is 4. The van der Waals surface area contributed by atoms with E-state index in [-0.39, 0.29) is 11.8 Å². The van der Waals surface area contributed by atoms with Crippen LogP contribution in [-0.2, 0) is 0 Å². The minimum atomic E-state index is -0.162. The Labute approximate surface area is 189 Å². The van der Waals surface area contributed by atoms with Gasteiger partial charge in [-0.3, -0.25) is 4.79 Å². The molecule has 1 atom stereocenters. The maximum Gasteiger partial charge on any atom is 0.251 e. The van der Waals surface area contributed by atoms with Crippen LogP contribution in [0.15, 0.2) is 85.3 Å². The monoisotopic (exact) mass is 442 g/mol. The van der Waals surface area contributed by atoms with Gasteiger partial charge in [-0.2, -0.15) is 0 Å². The predicted octanol–water partition coefficient (Wildman–Crippen LogP) is 4.36. The molecule has 3 aromatic carbocycles. The van der Waals surface area contributed by atoms with Crippen LogP contribution in [-0.4, -0.2) is 37.6 Å². The van der Waals surface area contributed by atoms with Crippen molar-refractivity contribution in [3.8, 4) is 5.69 Å². The van der Waals surface area contributed by atoms with Crippen molar-refractivity contribution in [2.24, 2.45) is 0 Å². The number of aromatic amines is 1. The number of amides is 1. The lowest BCUT2D eigenvalue weighted by Crippen LogP contribution is -2.29. The van der Waals surface area contributed by atoms with Crippen molar-refractivity contribution in [3.05, 3.63) is 107 Å². The van der Waals surface area contributed by atoms with Crippen molar-refractivity contribution >= 4 is 28.4 Å². The minimum Gasteiger partial charge on any atom is -0.361 e. The number of benzene rings is 3. The van der Waals surface area contributed by atoms with Gasteiger partial charge in [-0.25, -0.2) is 4.68 Å². The Bertz CT molecular complexity index is 1360. The highest BCUT2D eigenvalue weighted by atomic mass is 35.5. The van der Waals surface area contributed by atoms with Crippen molar-refractivity contribution in [2.75, 3.05) is 6.54 Å². The van der Waals surface area contributed by atoms with Crippen LogP contribution in [0.25, 0.3) is 16.6 Å². The Hall–Kier alpha value is -3.97. The first-order chi connectivity index (χ1) is 15.7. The van der Waals surface area contributed by atoms with Gasteiger partial charge < -0.3 is 10.3 Å². The molecule has 0 aliphatic heterocycles.